The Morgan fingerprint density at radius 3 is 1.76 bits per heavy atom. The Balaban J connectivity index is 1.98. The summed E-state index contributed by atoms with van der Waals surface area (Å²) in [5.41, 5.74) is 0.461. The maximum atomic E-state index is 14.7. The molecule has 0 bridgehead atoms. The van der Waals surface area contributed by atoms with Gasteiger partial charge >= 0.3 is 7.60 Å². The molecule has 0 saturated heterocycles. The lowest BCUT2D eigenvalue weighted by Crippen LogP contribution is -2.37. The third kappa shape index (κ3) is 6.46. The molecule has 2 aliphatic carbocycles. The first-order valence-corrected chi connectivity index (χ1v) is 14.9. The van der Waals surface area contributed by atoms with Gasteiger partial charge in [0.05, 0.1) is 19.3 Å². The molecule has 2 saturated carbocycles. The molecule has 8 atom stereocenters. The maximum Gasteiger partial charge on any atom is 0.364 e. The van der Waals surface area contributed by atoms with Crippen molar-refractivity contribution in [2.75, 3.05) is 7.11 Å². The predicted molar refractivity (Wildman–Crippen MR) is 138 cm³/mol. The third-order valence-corrected chi connectivity index (χ3v) is 10.2. The van der Waals surface area contributed by atoms with Gasteiger partial charge in [-0.25, -0.2) is 0 Å². The van der Waals surface area contributed by atoms with Crippen LogP contribution in [0.2, 0.25) is 0 Å². The summed E-state index contributed by atoms with van der Waals surface area (Å²) in [6.45, 7) is 13.3. The second-order valence-electron chi connectivity index (χ2n) is 11.6. The Labute approximate surface area is 207 Å². The minimum atomic E-state index is -3.94. The first kappa shape index (κ1) is 27.7. The smallest absolute Gasteiger partial charge is 0.364 e. The maximum absolute atomic E-state index is 14.7. The highest BCUT2D eigenvalue weighted by atomic mass is 31.2. The molecule has 3 rings (SSSR count). The number of ether oxygens (including phenoxy) is 1. The summed E-state index contributed by atoms with van der Waals surface area (Å²) >= 11 is 0. The fraction of sp³-hybridized carbons (Fsp3) is 0.786. The largest absolute Gasteiger partial charge is 0.496 e. The Hall–Kier alpha value is -0.870. The molecule has 5 nitrogen and oxygen atoms in total. The summed E-state index contributed by atoms with van der Waals surface area (Å²) in [5, 5.41) is 11.6. The lowest BCUT2D eigenvalue weighted by atomic mass is 9.75. The Morgan fingerprint density at radius 1 is 0.853 bits per heavy atom. The molecule has 1 aromatic carbocycles. The first-order valence-electron chi connectivity index (χ1n) is 13.3. The summed E-state index contributed by atoms with van der Waals surface area (Å²) in [7, 11) is -2.38. The number of benzene rings is 1. The molecule has 0 spiro atoms. The third-order valence-electron chi connectivity index (χ3n) is 8.20. The standard InChI is InChI=1S/C28H47O5P/c1-18(2)22-14-12-20(5)16-26(22)32-34(30,28(29)24-10-8-9-11-25(24)31-7)33-27-17-21(6)13-15-23(27)19(3)4/h8-11,18-23,26-29H,12-17H2,1-7H3/t20-,21+,22-,23+,26-,27-,28-,34?/m1/s1. The Kier molecular flexibility index (Phi) is 9.71. The van der Waals surface area contributed by atoms with E-state index in [1.165, 1.54) is 0 Å². The van der Waals surface area contributed by atoms with Gasteiger partial charge in [-0.3, -0.25) is 4.57 Å². The molecule has 6 heteroatoms. The lowest BCUT2D eigenvalue weighted by Gasteiger charge is -2.42. The van der Waals surface area contributed by atoms with Crippen molar-refractivity contribution >= 4 is 7.60 Å². The molecular weight excluding hydrogens is 447 g/mol. The number of para-hydroxylation sites is 1. The highest BCUT2D eigenvalue weighted by Gasteiger charge is 2.47. The van der Waals surface area contributed by atoms with Crippen LogP contribution in [-0.2, 0) is 13.6 Å². The normalized spacial score (nSPS) is 33.0. The second kappa shape index (κ2) is 11.9. The van der Waals surface area contributed by atoms with E-state index in [1.54, 1.807) is 19.2 Å². The molecule has 194 valence electrons. The van der Waals surface area contributed by atoms with Crippen molar-refractivity contribution in [3.63, 3.8) is 0 Å². The van der Waals surface area contributed by atoms with Gasteiger partial charge in [-0.05, 0) is 67.3 Å². The van der Waals surface area contributed by atoms with Gasteiger partial charge < -0.3 is 18.9 Å². The molecule has 1 unspecified atom stereocenters. The van der Waals surface area contributed by atoms with Gasteiger partial charge in [0, 0.05) is 5.56 Å². The topological polar surface area (TPSA) is 65.0 Å². The summed E-state index contributed by atoms with van der Waals surface area (Å²) in [6.07, 6.45) is 5.67. The fourth-order valence-corrected chi connectivity index (χ4v) is 8.11. The molecule has 1 N–H and O–H groups in total. The minimum absolute atomic E-state index is 0.197. The van der Waals surface area contributed by atoms with Gasteiger partial charge in [0.15, 0.2) is 5.85 Å². The van der Waals surface area contributed by atoms with Crippen molar-refractivity contribution < 1.29 is 23.5 Å². The van der Waals surface area contributed by atoms with Crippen LogP contribution in [0.3, 0.4) is 0 Å². The van der Waals surface area contributed by atoms with Crippen molar-refractivity contribution in [2.45, 2.75) is 98.1 Å². The lowest BCUT2D eigenvalue weighted by molar-refractivity contribution is -0.0155. The average Bonchev–Trinajstić information content (AvgIpc) is 2.78. The highest BCUT2D eigenvalue weighted by molar-refractivity contribution is 7.54. The first-order chi connectivity index (χ1) is 16.1. The molecule has 0 heterocycles. The quantitative estimate of drug-likeness (QED) is 0.354. The van der Waals surface area contributed by atoms with Crippen LogP contribution in [0, 0.1) is 35.5 Å². The highest BCUT2D eigenvalue weighted by Crippen LogP contribution is 2.65. The minimum Gasteiger partial charge on any atom is -0.496 e. The number of hydrogen-bond acceptors (Lipinski definition) is 5. The molecule has 2 fully saturated rings. The molecule has 0 amide bonds. The van der Waals surface area contributed by atoms with E-state index in [-0.39, 0.29) is 12.2 Å². The van der Waals surface area contributed by atoms with E-state index in [0.29, 0.717) is 46.8 Å². The summed E-state index contributed by atoms with van der Waals surface area (Å²) < 4.78 is 33.3. The van der Waals surface area contributed by atoms with Crippen LogP contribution in [-0.4, -0.2) is 24.4 Å². The predicted octanol–water partition coefficient (Wildman–Crippen LogP) is 7.83. The van der Waals surface area contributed by atoms with Crippen LogP contribution in [0.4, 0.5) is 0 Å². The van der Waals surface area contributed by atoms with Gasteiger partial charge in [0.25, 0.3) is 0 Å². The van der Waals surface area contributed by atoms with E-state index >= 15 is 0 Å². The molecule has 34 heavy (non-hydrogen) atoms. The van der Waals surface area contributed by atoms with Crippen molar-refractivity contribution in [1.82, 2.24) is 0 Å². The number of hydrogen-bond donors (Lipinski definition) is 1. The monoisotopic (exact) mass is 494 g/mol. The van der Waals surface area contributed by atoms with E-state index in [9.17, 15) is 9.67 Å². The molecule has 1 aromatic rings. The van der Waals surface area contributed by atoms with E-state index in [2.05, 4.69) is 41.5 Å². The van der Waals surface area contributed by atoms with Crippen LogP contribution in [0.15, 0.2) is 24.3 Å². The molecule has 2 aliphatic rings. The van der Waals surface area contributed by atoms with E-state index in [4.69, 9.17) is 13.8 Å². The number of aliphatic hydroxyl groups excluding tert-OH is 1. The summed E-state index contributed by atoms with van der Waals surface area (Å²) in [5.74, 6) is 1.51. The zero-order valence-corrected chi connectivity index (χ0v) is 23.2. The van der Waals surface area contributed by atoms with Gasteiger partial charge in [-0.2, -0.15) is 0 Å². The molecule has 0 aromatic heterocycles. The van der Waals surface area contributed by atoms with E-state index in [1.807, 2.05) is 12.1 Å². The number of rotatable bonds is 9. The Bertz CT molecular complexity index is 787. The van der Waals surface area contributed by atoms with Crippen molar-refractivity contribution in [2.24, 2.45) is 35.5 Å². The second-order valence-corrected chi connectivity index (χ2v) is 13.6. The van der Waals surface area contributed by atoms with Crippen molar-refractivity contribution in [1.29, 1.82) is 0 Å². The Morgan fingerprint density at radius 2 is 1.32 bits per heavy atom. The van der Waals surface area contributed by atoms with Crippen LogP contribution in [0.1, 0.15) is 91.5 Å². The van der Waals surface area contributed by atoms with Gasteiger partial charge in [-0.1, -0.05) is 72.6 Å². The number of methoxy groups -OCH3 is 1. The molecule has 0 aliphatic heterocycles. The van der Waals surface area contributed by atoms with E-state index < -0.39 is 13.4 Å². The fourth-order valence-electron chi connectivity index (χ4n) is 6.04. The van der Waals surface area contributed by atoms with Gasteiger partial charge in [-0.15, -0.1) is 0 Å². The van der Waals surface area contributed by atoms with Crippen LogP contribution >= 0.6 is 7.60 Å². The SMILES string of the molecule is COc1ccccc1[C@H](O)P(=O)(O[C@@H]1C[C@H](C)CC[C@@H]1C(C)C)O[C@@H]1C[C@@H](C)CC[C@H]1C(C)C. The van der Waals surface area contributed by atoms with Gasteiger partial charge in [0.1, 0.15) is 5.75 Å². The molecule has 0 radical (unpaired) electrons. The van der Waals surface area contributed by atoms with Crippen molar-refractivity contribution in [3.05, 3.63) is 29.8 Å². The summed E-state index contributed by atoms with van der Waals surface area (Å²) in [4.78, 5) is 0. The zero-order valence-electron chi connectivity index (χ0n) is 22.3. The van der Waals surface area contributed by atoms with Crippen LogP contribution in [0.5, 0.6) is 5.75 Å². The van der Waals surface area contributed by atoms with Crippen LogP contribution < -0.4 is 4.74 Å². The van der Waals surface area contributed by atoms with E-state index in [0.717, 1.165) is 38.5 Å². The zero-order chi connectivity index (χ0) is 25.0. The van der Waals surface area contributed by atoms with Crippen LogP contribution in [0.25, 0.3) is 0 Å². The summed E-state index contributed by atoms with van der Waals surface area (Å²) in [6, 6.07) is 7.21. The molecular formula is C28H47O5P. The number of aliphatic hydroxyl groups is 1. The van der Waals surface area contributed by atoms with Crippen molar-refractivity contribution in [3.8, 4) is 5.75 Å². The average molecular weight is 495 g/mol. The van der Waals surface area contributed by atoms with Gasteiger partial charge in [0.2, 0.25) is 0 Å².